The van der Waals surface area contributed by atoms with Crippen LogP contribution < -0.4 is 26.6 Å². The molecule has 3 aromatic carbocycles. The number of fused-ring (bicyclic) bond motifs is 3. The van der Waals surface area contributed by atoms with E-state index in [4.69, 9.17) is 25.0 Å². The molecule has 9 unspecified atom stereocenters. The van der Waals surface area contributed by atoms with Gasteiger partial charge >= 0.3 is 41.4 Å². The molecule has 0 saturated carbocycles. The standard InChI is InChI=1S/C66H82N9O28P3S4/c1-6-73-48-25-22-41(109(93,94)95)30-43(48)65(2,3)53(73)19-14-20-54-66(4,5)44-31-42(110(96,97)98)23-26-49(44)74(54)28-13-8-7-12-21-55(77)70-45(62(82)71-46(32-57(78)79)63(83)72-47(64(84)85)33-58(80)81)24-27-52(39-16-10-9-11-17-39)108-107-38-99-29-15-18-40-35-75(61-59(40)60(67)68-37-69-61)56-34-50(76)51(101-56)36-100-105(89,90)103-106(91,92)102-104(86,87)88/h9-11,14,16-17,19-20,22-23,25-26,30-31,35,37,45-47,50-52,56,76H,6-8,12-13,21,24,27-29,32-34,36,38H2,1-5H3,(H13-,67,68,69,70,71,72,77,78,79,80,81,82,83,84,85,86,87,88,89,90,91,92,93,94,95,96,97,98)/p+1. The van der Waals surface area contributed by atoms with E-state index in [0.29, 0.717) is 55.6 Å². The molecular weight excluding hydrogens is 1590 g/mol. The van der Waals surface area contributed by atoms with Gasteiger partial charge in [-0.1, -0.05) is 90.1 Å². The first-order valence-electron chi connectivity index (χ1n) is 33.7. The van der Waals surface area contributed by atoms with Crippen molar-refractivity contribution in [3.05, 3.63) is 125 Å². The van der Waals surface area contributed by atoms with Crippen molar-refractivity contribution in [1.82, 2.24) is 30.5 Å². The summed E-state index contributed by atoms with van der Waals surface area (Å²) in [6, 6.07) is 12.3. The number of hydrogen-bond acceptors (Lipinski definition) is 25. The van der Waals surface area contributed by atoms with Crippen molar-refractivity contribution in [3.8, 4) is 11.8 Å². The zero-order valence-electron chi connectivity index (χ0n) is 59.5. The van der Waals surface area contributed by atoms with Crippen LogP contribution in [0.1, 0.15) is 133 Å². The summed E-state index contributed by atoms with van der Waals surface area (Å²) in [4.78, 5) is 124. The number of aliphatic hydroxyl groups is 1. The molecule has 0 bridgehead atoms. The van der Waals surface area contributed by atoms with Gasteiger partial charge in [-0.25, -0.2) is 28.5 Å². The molecule has 15 N–H and O–H groups in total. The topological polar surface area (TPSA) is 569 Å². The van der Waals surface area contributed by atoms with Crippen LogP contribution in [-0.4, -0.2) is 189 Å². The molecule has 3 amide bonds. The summed E-state index contributed by atoms with van der Waals surface area (Å²) >= 11 is 0. The molecule has 1 fully saturated rings. The lowest BCUT2D eigenvalue weighted by molar-refractivity contribution is -0.438. The Morgan fingerprint density at radius 1 is 0.800 bits per heavy atom. The van der Waals surface area contributed by atoms with Crippen molar-refractivity contribution in [3.63, 3.8) is 0 Å². The number of carbonyl (C=O) groups excluding carboxylic acids is 3. The number of anilines is 2. The van der Waals surface area contributed by atoms with Gasteiger partial charge in [-0.2, -0.15) is 30.0 Å². The van der Waals surface area contributed by atoms with Crippen LogP contribution >= 0.6 is 45.1 Å². The van der Waals surface area contributed by atoms with E-state index in [-0.39, 0.29) is 70.4 Å². The Morgan fingerprint density at radius 3 is 2.08 bits per heavy atom. The van der Waals surface area contributed by atoms with Crippen molar-refractivity contribution < 1.29 is 136 Å². The Hall–Kier alpha value is -7.78. The minimum absolute atomic E-state index is 0.00212. The molecule has 8 rings (SSSR count). The molecule has 2 aromatic heterocycles. The normalized spacial score (nSPS) is 19.4. The third-order valence-corrected chi connectivity index (χ3v) is 25.9. The smallest absolute Gasteiger partial charge is 0.481 e. The maximum absolute atomic E-state index is 14.4. The van der Waals surface area contributed by atoms with Gasteiger partial charge in [-0.3, -0.25) is 37.6 Å². The predicted molar refractivity (Wildman–Crippen MR) is 397 cm³/mol. The van der Waals surface area contributed by atoms with Gasteiger partial charge in [0.1, 0.15) is 67.3 Å². The summed E-state index contributed by atoms with van der Waals surface area (Å²) in [6.07, 6.45) is 3.88. The van der Waals surface area contributed by atoms with Gasteiger partial charge < -0.3 is 80.6 Å². The molecule has 5 heterocycles. The number of nitrogens with one attached hydrogen (secondary N) is 3. The van der Waals surface area contributed by atoms with Gasteiger partial charge in [0, 0.05) is 71.8 Å². The number of carbonyl (C=O) groups is 6. The Labute approximate surface area is 638 Å². The number of aliphatic carboxylic acids is 3. The fourth-order valence-electron chi connectivity index (χ4n) is 12.7. The Kier molecular flexibility index (Phi) is 29.4. The third kappa shape index (κ3) is 23.2. The molecule has 110 heavy (non-hydrogen) atoms. The number of nitrogens with two attached hydrogens (primary N) is 1. The fourth-order valence-corrected chi connectivity index (χ4v) is 19.1. The average molecular weight is 1670 g/mol. The number of hydrogen-bond donors (Lipinski definition) is 14. The van der Waals surface area contributed by atoms with Crippen molar-refractivity contribution in [1.29, 1.82) is 0 Å². The fraction of sp³-hybridized carbons (Fsp3) is 0.439. The first kappa shape index (κ1) is 87.8. The van der Waals surface area contributed by atoms with E-state index >= 15 is 0 Å². The first-order chi connectivity index (χ1) is 51.4. The highest BCUT2D eigenvalue weighted by Gasteiger charge is 2.47. The highest BCUT2D eigenvalue weighted by Crippen LogP contribution is 2.66. The Bertz CT molecular complexity index is 4870. The first-order valence-corrected chi connectivity index (χ1v) is 43.4. The number of ether oxygens (including phenoxy) is 2. The van der Waals surface area contributed by atoms with E-state index in [2.05, 4.69) is 45.6 Å². The van der Waals surface area contributed by atoms with Crippen molar-refractivity contribution in [2.24, 2.45) is 0 Å². The van der Waals surface area contributed by atoms with Crippen LogP contribution in [0.25, 0.3) is 11.0 Å². The largest absolute Gasteiger partial charge is 0.490 e. The Balaban J connectivity index is 0.933. The molecule has 9 atom stereocenters. The number of amides is 3. The number of phosphoric acid groups is 3. The number of phosphoric ester groups is 1. The van der Waals surface area contributed by atoms with Crippen LogP contribution in [0, 0.1) is 11.8 Å². The lowest BCUT2D eigenvalue weighted by Crippen LogP contribution is -2.56. The molecule has 37 nitrogen and oxygen atoms in total. The number of allylic oxidation sites excluding steroid dienone is 4. The van der Waals surface area contributed by atoms with Crippen LogP contribution in [0.2, 0.25) is 0 Å². The van der Waals surface area contributed by atoms with Crippen LogP contribution in [0.3, 0.4) is 0 Å². The summed E-state index contributed by atoms with van der Waals surface area (Å²) in [5.41, 5.74) is 10.3. The molecule has 1 saturated heterocycles. The van der Waals surface area contributed by atoms with E-state index in [0.717, 1.165) is 29.0 Å². The predicted octanol–water partition coefficient (Wildman–Crippen LogP) is 6.50. The number of unbranched alkanes of at least 4 members (excludes halogenated alkanes) is 3. The van der Waals surface area contributed by atoms with Crippen molar-refractivity contribution >= 4 is 135 Å². The minimum atomic E-state index is -5.83. The number of aliphatic hydroxyl groups excluding tert-OH is 1. The summed E-state index contributed by atoms with van der Waals surface area (Å²) in [5.74, 6) is -2.08. The number of aromatic nitrogens is 3. The lowest BCUT2D eigenvalue weighted by atomic mass is 9.81. The molecule has 0 radical (unpaired) electrons. The van der Waals surface area contributed by atoms with Crippen LogP contribution in [0.15, 0.2) is 113 Å². The summed E-state index contributed by atoms with van der Waals surface area (Å²) in [6.45, 7) is 9.47. The zero-order chi connectivity index (χ0) is 81.1. The van der Waals surface area contributed by atoms with Gasteiger partial charge in [-0.15, -0.1) is 0 Å². The number of benzene rings is 3. The maximum atomic E-state index is 14.4. The quantitative estimate of drug-likeness (QED) is 0.00379. The van der Waals surface area contributed by atoms with Crippen molar-refractivity contribution in [2.75, 3.05) is 42.9 Å². The SMILES string of the molecule is CCN1C(=CC=CC2=[N+](CCCCCCC(=O)NC(CCC(SSCOCC#Cc3cn(C4CC(O)C(COP(=O)(O)OP(=O)(O)OP(=O)(O)O)O4)c4ncnc(N)c34)c3ccccc3)C(=O)NC(CC(=O)O)C(=O)NC(CC(=O)O)C(=O)O)c3ccc(S(=O)(=O)O)cc3C2(C)C)C(C)(C)c2cc(S(=O)(=O)O)ccc21. The number of rotatable bonds is 39. The van der Waals surface area contributed by atoms with Crippen molar-refractivity contribution in [2.45, 2.75) is 161 Å². The third-order valence-electron chi connectivity index (χ3n) is 17.9. The molecular formula is C66H83N9O28P3S4+. The van der Waals surface area contributed by atoms with Gasteiger partial charge in [0.05, 0.1) is 51.7 Å². The van der Waals surface area contributed by atoms with Crippen LogP contribution in [0.4, 0.5) is 17.2 Å². The van der Waals surface area contributed by atoms with Gasteiger partial charge in [0.2, 0.25) is 23.4 Å². The molecule has 5 aromatic rings. The number of carboxylic acid groups (broad SMARTS) is 3. The van der Waals surface area contributed by atoms with E-state index < -0.39 is 151 Å². The molecule has 3 aliphatic rings. The van der Waals surface area contributed by atoms with Crippen LogP contribution in [0.5, 0.6) is 0 Å². The molecule has 0 aliphatic carbocycles. The second-order valence-corrected chi connectivity index (χ2v) is 36.2. The van der Waals surface area contributed by atoms with E-state index in [9.17, 15) is 98.6 Å². The van der Waals surface area contributed by atoms with Gasteiger partial charge in [0.25, 0.3) is 20.2 Å². The second-order valence-electron chi connectivity index (χ2n) is 26.4. The highest BCUT2D eigenvalue weighted by atomic mass is 33.1. The van der Waals surface area contributed by atoms with Crippen LogP contribution in [-0.2, 0) is 96.1 Å². The summed E-state index contributed by atoms with van der Waals surface area (Å²) in [5, 5.41) is 46.5. The summed E-state index contributed by atoms with van der Waals surface area (Å²) < 4.78 is 132. The Morgan fingerprint density at radius 2 is 1.44 bits per heavy atom. The number of nitrogen functional groups attached to an aromatic ring is 1. The lowest BCUT2D eigenvalue weighted by Gasteiger charge is -2.25. The highest BCUT2D eigenvalue weighted by molar-refractivity contribution is 8.76. The van der Waals surface area contributed by atoms with E-state index in [1.54, 1.807) is 30.3 Å². The number of nitrogens with zero attached hydrogens (tertiary/aromatic N) is 5. The monoisotopic (exact) mass is 1670 g/mol. The van der Waals surface area contributed by atoms with E-state index in [1.165, 1.54) is 56.6 Å². The van der Waals surface area contributed by atoms with Gasteiger partial charge in [0.15, 0.2) is 5.71 Å². The minimum Gasteiger partial charge on any atom is -0.481 e. The number of likely N-dealkylation sites (N-methyl/N-ethyl adjacent to an activating group) is 1. The summed E-state index contributed by atoms with van der Waals surface area (Å²) in [7, 11) is -23.6. The zero-order valence-corrected chi connectivity index (χ0v) is 65.4. The maximum Gasteiger partial charge on any atom is 0.490 e. The molecule has 44 heteroatoms. The van der Waals surface area contributed by atoms with Gasteiger partial charge in [-0.05, 0) is 94.0 Å². The van der Waals surface area contributed by atoms with E-state index in [1.807, 2.05) is 79.8 Å². The second kappa shape index (κ2) is 36.8. The molecule has 598 valence electrons. The average Bonchev–Trinajstić information content (AvgIpc) is 1.59. The molecule has 0 spiro atoms. The number of carboxylic acids is 3. The molecule has 3 aliphatic heterocycles.